The normalized spacial score (nSPS) is 11.9. The van der Waals surface area contributed by atoms with Gasteiger partial charge in [-0.2, -0.15) is 10.2 Å². The number of ether oxygens (including phenoxy) is 1. The van der Waals surface area contributed by atoms with Crippen LogP contribution in [0.2, 0.25) is 0 Å². The zero-order valence-corrected chi connectivity index (χ0v) is 21.1. The van der Waals surface area contributed by atoms with Crippen LogP contribution in [0.5, 0.6) is 0 Å². The SMILES string of the molecule is CC(C)(O)Cn1nc(C(=O)O)c2ccccc21.CCOC(=O)c1nn(CC(C)(C)O)c2ccccc12. The number of aromatic carboxylic acids is 1. The number of aromatic nitrogens is 4. The Kier molecular flexibility index (Phi) is 7.80. The number of carboxylic acid groups (broad SMARTS) is 1. The topological polar surface area (TPSA) is 140 Å². The van der Waals surface area contributed by atoms with Crippen LogP contribution < -0.4 is 0 Å². The van der Waals surface area contributed by atoms with Crippen LogP contribution in [-0.2, 0) is 17.8 Å². The van der Waals surface area contributed by atoms with Gasteiger partial charge in [-0.05, 0) is 46.8 Å². The Morgan fingerprint density at radius 1 is 0.806 bits per heavy atom. The molecule has 0 bridgehead atoms. The molecule has 4 aromatic rings. The van der Waals surface area contributed by atoms with Gasteiger partial charge in [0.2, 0.25) is 0 Å². The van der Waals surface area contributed by atoms with Crippen LogP contribution in [0.4, 0.5) is 0 Å². The molecule has 192 valence electrons. The predicted octanol–water partition coefficient (Wildman–Crippen LogP) is 3.49. The van der Waals surface area contributed by atoms with Crippen molar-refractivity contribution in [2.24, 2.45) is 0 Å². The highest BCUT2D eigenvalue weighted by Gasteiger charge is 2.22. The van der Waals surface area contributed by atoms with Gasteiger partial charge in [0.1, 0.15) is 0 Å². The van der Waals surface area contributed by atoms with E-state index in [1.54, 1.807) is 57.5 Å². The average molecular weight is 497 g/mol. The highest BCUT2D eigenvalue weighted by Crippen LogP contribution is 2.22. The second-order valence-electron chi connectivity index (χ2n) is 9.70. The van der Waals surface area contributed by atoms with Crippen molar-refractivity contribution in [1.29, 1.82) is 0 Å². The van der Waals surface area contributed by atoms with Gasteiger partial charge in [-0.1, -0.05) is 36.4 Å². The molecule has 0 fully saturated rings. The van der Waals surface area contributed by atoms with Crippen LogP contribution in [-0.4, -0.2) is 64.6 Å². The molecular formula is C26H32N4O6. The van der Waals surface area contributed by atoms with Gasteiger partial charge in [-0.3, -0.25) is 9.36 Å². The molecule has 0 spiro atoms. The molecule has 2 heterocycles. The number of nitrogens with zero attached hydrogens (tertiary/aromatic N) is 4. The highest BCUT2D eigenvalue weighted by molar-refractivity contribution is 6.02. The van der Waals surface area contributed by atoms with E-state index in [0.717, 1.165) is 10.9 Å². The van der Waals surface area contributed by atoms with E-state index in [2.05, 4.69) is 10.2 Å². The summed E-state index contributed by atoms with van der Waals surface area (Å²) in [5.74, 6) is -1.50. The fourth-order valence-corrected chi connectivity index (χ4v) is 3.74. The molecule has 3 N–H and O–H groups in total. The van der Waals surface area contributed by atoms with Crippen molar-refractivity contribution >= 4 is 33.7 Å². The molecule has 2 aromatic carbocycles. The van der Waals surface area contributed by atoms with Crippen molar-refractivity contribution in [1.82, 2.24) is 19.6 Å². The fraction of sp³-hybridized carbons (Fsp3) is 0.385. The predicted molar refractivity (Wildman–Crippen MR) is 135 cm³/mol. The Morgan fingerprint density at radius 3 is 1.64 bits per heavy atom. The summed E-state index contributed by atoms with van der Waals surface area (Å²) in [6.07, 6.45) is 0. The molecule has 0 amide bonds. The Labute approximate surface area is 208 Å². The summed E-state index contributed by atoms with van der Waals surface area (Å²) in [6, 6.07) is 14.5. The molecule has 4 rings (SSSR count). The number of hydrogen-bond donors (Lipinski definition) is 3. The summed E-state index contributed by atoms with van der Waals surface area (Å²) >= 11 is 0. The van der Waals surface area contributed by atoms with Crippen LogP contribution in [0.1, 0.15) is 55.6 Å². The maximum Gasteiger partial charge on any atom is 0.359 e. The van der Waals surface area contributed by atoms with Crippen LogP contribution in [0.15, 0.2) is 48.5 Å². The molecule has 10 heteroatoms. The third-order valence-electron chi connectivity index (χ3n) is 5.06. The first-order chi connectivity index (χ1) is 16.8. The molecule has 36 heavy (non-hydrogen) atoms. The van der Waals surface area contributed by atoms with E-state index in [-0.39, 0.29) is 12.2 Å². The Morgan fingerprint density at radius 2 is 1.22 bits per heavy atom. The van der Waals surface area contributed by atoms with Gasteiger partial charge in [0.15, 0.2) is 11.4 Å². The smallest absolute Gasteiger partial charge is 0.359 e. The van der Waals surface area contributed by atoms with Gasteiger partial charge < -0.3 is 20.1 Å². The lowest BCUT2D eigenvalue weighted by molar-refractivity contribution is 0.0500. The molecular weight excluding hydrogens is 464 g/mol. The van der Waals surface area contributed by atoms with Gasteiger partial charge >= 0.3 is 11.9 Å². The van der Waals surface area contributed by atoms with E-state index < -0.39 is 23.1 Å². The lowest BCUT2D eigenvalue weighted by atomic mass is 10.1. The maximum atomic E-state index is 11.9. The third-order valence-corrected chi connectivity index (χ3v) is 5.06. The summed E-state index contributed by atoms with van der Waals surface area (Å²) in [7, 11) is 0. The molecule has 0 aliphatic rings. The highest BCUT2D eigenvalue weighted by atomic mass is 16.5. The molecule has 0 aliphatic heterocycles. The van der Waals surface area contributed by atoms with Gasteiger partial charge in [0.25, 0.3) is 0 Å². The number of carbonyl (C=O) groups excluding carboxylic acids is 1. The van der Waals surface area contributed by atoms with Crippen LogP contribution in [0.3, 0.4) is 0 Å². The van der Waals surface area contributed by atoms with Crippen molar-refractivity contribution in [2.45, 2.75) is 58.9 Å². The zero-order valence-electron chi connectivity index (χ0n) is 21.1. The van der Waals surface area contributed by atoms with Crippen molar-refractivity contribution in [3.05, 3.63) is 59.9 Å². The quantitative estimate of drug-likeness (QED) is 0.330. The summed E-state index contributed by atoms with van der Waals surface area (Å²) in [5.41, 5.74) is -0.00285. The maximum absolute atomic E-state index is 11.9. The summed E-state index contributed by atoms with van der Waals surface area (Å²) < 4.78 is 8.17. The van der Waals surface area contributed by atoms with Gasteiger partial charge in [-0.15, -0.1) is 0 Å². The largest absolute Gasteiger partial charge is 0.476 e. The third kappa shape index (κ3) is 6.46. The number of benzene rings is 2. The number of hydrogen-bond acceptors (Lipinski definition) is 7. The van der Waals surface area contributed by atoms with Crippen molar-refractivity contribution in [3.63, 3.8) is 0 Å². The van der Waals surface area contributed by atoms with Crippen molar-refractivity contribution < 1.29 is 29.6 Å². The average Bonchev–Trinajstić information content (AvgIpc) is 3.31. The molecule has 0 atom stereocenters. The number of fused-ring (bicyclic) bond motifs is 2. The lowest BCUT2D eigenvalue weighted by Gasteiger charge is -2.17. The number of carboxylic acids is 1. The fourth-order valence-electron chi connectivity index (χ4n) is 3.74. The number of aliphatic hydroxyl groups is 2. The molecule has 0 saturated heterocycles. The second kappa shape index (κ2) is 10.5. The summed E-state index contributed by atoms with van der Waals surface area (Å²) in [5, 5.41) is 38.4. The molecule has 10 nitrogen and oxygen atoms in total. The minimum absolute atomic E-state index is 0.0184. The van der Waals surface area contributed by atoms with Crippen molar-refractivity contribution in [3.8, 4) is 0 Å². The Balaban J connectivity index is 0.000000202. The number of para-hydroxylation sites is 2. The number of esters is 1. The molecule has 0 aliphatic carbocycles. The van der Waals surface area contributed by atoms with Gasteiger partial charge in [-0.25, -0.2) is 9.59 Å². The first-order valence-electron chi connectivity index (χ1n) is 11.6. The van der Waals surface area contributed by atoms with E-state index in [4.69, 9.17) is 9.84 Å². The molecule has 0 saturated carbocycles. The van der Waals surface area contributed by atoms with E-state index in [1.165, 1.54) is 4.68 Å². The van der Waals surface area contributed by atoms with Crippen LogP contribution >= 0.6 is 0 Å². The minimum Gasteiger partial charge on any atom is -0.476 e. The Bertz CT molecular complexity index is 1370. The standard InChI is InChI=1S/C14H18N2O3.C12H14N2O3/c1-4-19-13(17)12-10-7-5-6-8-11(10)16(15-12)9-14(2,3)18;1-12(2,17)7-14-9-6-4-3-5-8(9)10(13-14)11(15)16/h5-8,18H,4,9H2,1-3H3;3-6,17H,7H2,1-2H3,(H,15,16). The van der Waals surface area contributed by atoms with Crippen molar-refractivity contribution in [2.75, 3.05) is 6.61 Å². The molecule has 0 unspecified atom stereocenters. The van der Waals surface area contributed by atoms with Gasteiger partial charge in [0, 0.05) is 10.8 Å². The van der Waals surface area contributed by atoms with E-state index in [9.17, 15) is 19.8 Å². The monoisotopic (exact) mass is 496 g/mol. The second-order valence-corrected chi connectivity index (χ2v) is 9.70. The number of carbonyl (C=O) groups is 2. The van der Waals surface area contributed by atoms with E-state index >= 15 is 0 Å². The van der Waals surface area contributed by atoms with E-state index in [1.807, 2.05) is 30.3 Å². The zero-order chi connectivity index (χ0) is 26.7. The van der Waals surface area contributed by atoms with Crippen LogP contribution in [0, 0.1) is 0 Å². The summed E-state index contributed by atoms with van der Waals surface area (Å²) in [6.45, 7) is 9.35. The summed E-state index contributed by atoms with van der Waals surface area (Å²) in [4.78, 5) is 22.9. The first kappa shape index (κ1) is 26.8. The molecule has 2 aromatic heterocycles. The first-order valence-corrected chi connectivity index (χ1v) is 11.6. The van der Waals surface area contributed by atoms with E-state index in [0.29, 0.717) is 29.7 Å². The number of rotatable bonds is 7. The van der Waals surface area contributed by atoms with Gasteiger partial charge in [0.05, 0.1) is 41.9 Å². The minimum atomic E-state index is -1.06. The lowest BCUT2D eigenvalue weighted by Crippen LogP contribution is -2.26. The Hall–Kier alpha value is -3.76. The van der Waals surface area contributed by atoms with Crippen LogP contribution in [0.25, 0.3) is 21.8 Å². The molecule has 0 radical (unpaired) electrons.